The minimum atomic E-state index is -0.129. The van der Waals surface area contributed by atoms with Gasteiger partial charge in [0.05, 0.1) is 17.9 Å². The molecule has 0 spiro atoms. The van der Waals surface area contributed by atoms with Gasteiger partial charge in [-0.2, -0.15) is 19.9 Å². The molecule has 2 aromatic carbocycles. The number of aryl methyl sites for hydroxylation is 1. The van der Waals surface area contributed by atoms with Crippen LogP contribution in [0.15, 0.2) is 60.9 Å². The van der Waals surface area contributed by atoms with E-state index in [-0.39, 0.29) is 11.9 Å². The minimum Gasteiger partial charge on any atom is -0.424 e. The molecule has 8 nitrogen and oxygen atoms in total. The molecule has 140 valence electrons. The number of para-hydroxylation sites is 1. The molecule has 0 unspecified atom stereocenters. The Morgan fingerprint density at radius 2 is 1.86 bits per heavy atom. The van der Waals surface area contributed by atoms with Crippen molar-refractivity contribution in [3.63, 3.8) is 0 Å². The maximum absolute atomic E-state index is 11.1. The van der Waals surface area contributed by atoms with Gasteiger partial charge >= 0.3 is 6.01 Å². The van der Waals surface area contributed by atoms with Crippen LogP contribution >= 0.6 is 0 Å². The van der Waals surface area contributed by atoms with Gasteiger partial charge in [-0.05, 0) is 48.9 Å². The van der Waals surface area contributed by atoms with Crippen LogP contribution in [-0.4, -0.2) is 25.8 Å². The molecule has 0 aliphatic rings. The van der Waals surface area contributed by atoms with Gasteiger partial charge in [-0.25, -0.2) is 0 Å². The third kappa shape index (κ3) is 3.90. The Balaban J connectivity index is 1.64. The zero-order valence-electron chi connectivity index (χ0n) is 15.4. The van der Waals surface area contributed by atoms with Gasteiger partial charge in [0.2, 0.25) is 5.91 Å². The van der Waals surface area contributed by atoms with Crippen LogP contribution in [0.4, 0.5) is 11.5 Å². The molecule has 1 amide bonds. The van der Waals surface area contributed by atoms with Gasteiger partial charge in [0.25, 0.3) is 0 Å². The van der Waals surface area contributed by atoms with Gasteiger partial charge in [-0.3, -0.25) is 10.2 Å². The van der Waals surface area contributed by atoms with Crippen molar-refractivity contribution in [1.82, 2.24) is 19.9 Å². The smallest absolute Gasteiger partial charge is 0.324 e. The third-order valence-electron chi connectivity index (χ3n) is 3.90. The van der Waals surface area contributed by atoms with Gasteiger partial charge in [0, 0.05) is 18.0 Å². The molecule has 0 aliphatic heterocycles. The Morgan fingerprint density at radius 3 is 2.57 bits per heavy atom. The van der Waals surface area contributed by atoms with Gasteiger partial charge in [-0.1, -0.05) is 12.1 Å². The highest BCUT2D eigenvalue weighted by atomic mass is 16.5. The van der Waals surface area contributed by atoms with Gasteiger partial charge in [0.1, 0.15) is 5.75 Å². The summed E-state index contributed by atoms with van der Waals surface area (Å²) in [5.41, 5.74) is 5.62. The van der Waals surface area contributed by atoms with Gasteiger partial charge in [0.15, 0.2) is 5.82 Å². The molecule has 0 radical (unpaired) electrons. The van der Waals surface area contributed by atoms with E-state index >= 15 is 0 Å². The number of carbonyl (C=O) groups is 1. The van der Waals surface area contributed by atoms with E-state index in [9.17, 15) is 4.79 Å². The number of benzene rings is 2. The first-order valence-electron chi connectivity index (χ1n) is 8.67. The average molecular weight is 374 g/mol. The zero-order valence-corrected chi connectivity index (χ0v) is 15.4. The zero-order chi connectivity index (χ0) is 19.5. The Hall–Kier alpha value is -3.94. The Kier molecular flexibility index (Phi) is 4.59. The van der Waals surface area contributed by atoms with Crippen molar-refractivity contribution < 1.29 is 9.53 Å². The third-order valence-corrected chi connectivity index (χ3v) is 3.90. The number of nitrogens with one attached hydrogen (secondary N) is 2. The number of rotatable bonds is 5. The second kappa shape index (κ2) is 7.36. The monoisotopic (exact) mass is 374 g/mol. The summed E-state index contributed by atoms with van der Waals surface area (Å²) < 4.78 is 5.83. The number of ether oxygens (including phenoxy) is 1. The Bertz CT molecular complexity index is 1140. The maximum atomic E-state index is 11.1. The van der Waals surface area contributed by atoms with Crippen molar-refractivity contribution in [3.05, 3.63) is 66.5 Å². The molecule has 28 heavy (non-hydrogen) atoms. The summed E-state index contributed by atoms with van der Waals surface area (Å²) >= 11 is 0. The summed E-state index contributed by atoms with van der Waals surface area (Å²) in [6.45, 7) is 3.42. The second-order valence-electron chi connectivity index (χ2n) is 6.25. The van der Waals surface area contributed by atoms with Crippen molar-refractivity contribution in [2.75, 3.05) is 10.7 Å². The SMILES string of the molecule is CC(=O)Nc1ccc(Oc2nc(Nn3cc(C)cn3)c3ccccc3n2)cc1. The molecule has 2 heterocycles. The first kappa shape index (κ1) is 17.5. The van der Waals surface area contributed by atoms with E-state index in [1.54, 1.807) is 35.3 Å². The number of carbonyl (C=O) groups excluding carboxylic acids is 1. The second-order valence-corrected chi connectivity index (χ2v) is 6.25. The van der Waals surface area contributed by atoms with Crippen molar-refractivity contribution in [1.29, 1.82) is 0 Å². The highest BCUT2D eigenvalue weighted by molar-refractivity contribution is 5.89. The number of nitrogens with zero attached hydrogens (tertiary/aromatic N) is 4. The van der Waals surface area contributed by atoms with Crippen LogP contribution in [0.2, 0.25) is 0 Å². The first-order chi connectivity index (χ1) is 13.6. The summed E-state index contributed by atoms with van der Waals surface area (Å²) in [6, 6.07) is 14.9. The van der Waals surface area contributed by atoms with Crippen molar-refractivity contribution in [2.45, 2.75) is 13.8 Å². The number of hydrogen-bond donors (Lipinski definition) is 2. The summed E-state index contributed by atoms with van der Waals surface area (Å²) in [5, 5.41) is 7.80. The summed E-state index contributed by atoms with van der Waals surface area (Å²) in [5.74, 6) is 1.01. The van der Waals surface area contributed by atoms with Crippen LogP contribution in [0.1, 0.15) is 12.5 Å². The van der Waals surface area contributed by atoms with Crippen LogP contribution in [0, 0.1) is 6.92 Å². The van der Waals surface area contributed by atoms with Crippen LogP contribution in [-0.2, 0) is 4.79 Å². The lowest BCUT2D eigenvalue weighted by atomic mass is 10.2. The normalized spacial score (nSPS) is 10.6. The molecule has 4 rings (SSSR count). The van der Waals surface area contributed by atoms with Crippen molar-refractivity contribution in [2.24, 2.45) is 0 Å². The van der Waals surface area contributed by atoms with E-state index in [2.05, 4.69) is 25.8 Å². The molecular weight excluding hydrogens is 356 g/mol. The molecule has 2 N–H and O–H groups in total. The number of amides is 1. The number of aromatic nitrogens is 4. The molecule has 0 saturated heterocycles. The summed E-state index contributed by atoms with van der Waals surface area (Å²) in [4.78, 5) is 21.7. The minimum absolute atomic E-state index is 0.129. The maximum Gasteiger partial charge on any atom is 0.324 e. The lowest BCUT2D eigenvalue weighted by molar-refractivity contribution is -0.114. The van der Waals surface area contributed by atoms with Gasteiger partial charge < -0.3 is 10.1 Å². The lowest BCUT2D eigenvalue weighted by Gasteiger charge is -2.11. The fourth-order valence-electron chi connectivity index (χ4n) is 2.68. The Labute approximate surface area is 161 Å². The largest absolute Gasteiger partial charge is 0.424 e. The van der Waals surface area contributed by atoms with E-state index in [4.69, 9.17) is 4.74 Å². The number of anilines is 2. The predicted octanol–water partition coefficient (Wildman–Crippen LogP) is 3.76. The van der Waals surface area contributed by atoms with Crippen LogP contribution in [0.3, 0.4) is 0 Å². The molecule has 0 saturated carbocycles. The van der Waals surface area contributed by atoms with E-state index < -0.39 is 0 Å². The summed E-state index contributed by atoms with van der Waals surface area (Å²) in [6.07, 6.45) is 3.61. The molecule has 8 heteroatoms. The molecule has 0 fully saturated rings. The first-order valence-corrected chi connectivity index (χ1v) is 8.67. The molecule has 4 aromatic rings. The molecule has 0 aliphatic carbocycles. The lowest BCUT2D eigenvalue weighted by Crippen LogP contribution is -2.11. The van der Waals surface area contributed by atoms with Gasteiger partial charge in [-0.15, -0.1) is 0 Å². The van der Waals surface area contributed by atoms with E-state index in [0.717, 1.165) is 16.5 Å². The molecular formula is C20H18N6O2. The highest BCUT2D eigenvalue weighted by Gasteiger charge is 2.10. The predicted molar refractivity (Wildman–Crippen MR) is 106 cm³/mol. The standard InChI is InChI=1S/C20H18N6O2/c1-13-11-21-26(12-13)25-19-17-5-3-4-6-18(17)23-20(24-19)28-16-9-7-15(8-10-16)22-14(2)27/h3-12H,1-2H3,(H,22,27)(H,23,24,25). The van der Waals surface area contributed by atoms with Crippen molar-refractivity contribution >= 4 is 28.3 Å². The molecule has 0 atom stereocenters. The molecule has 2 aromatic heterocycles. The quantitative estimate of drug-likeness (QED) is 0.552. The van der Waals surface area contributed by atoms with Crippen LogP contribution in [0.5, 0.6) is 11.8 Å². The van der Waals surface area contributed by atoms with E-state index in [1.807, 2.05) is 37.4 Å². The fraction of sp³-hybridized carbons (Fsp3) is 0.100. The number of fused-ring (bicyclic) bond motifs is 1. The topological polar surface area (TPSA) is 94.0 Å². The highest BCUT2D eigenvalue weighted by Crippen LogP contribution is 2.26. The summed E-state index contributed by atoms with van der Waals surface area (Å²) in [7, 11) is 0. The molecule has 0 bridgehead atoms. The number of hydrogen-bond acceptors (Lipinski definition) is 6. The van der Waals surface area contributed by atoms with E-state index in [0.29, 0.717) is 17.3 Å². The van der Waals surface area contributed by atoms with E-state index in [1.165, 1.54) is 6.92 Å². The Morgan fingerprint density at radius 1 is 1.07 bits per heavy atom. The van der Waals surface area contributed by atoms with Crippen LogP contribution < -0.4 is 15.5 Å². The fourth-order valence-corrected chi connectivity index (χ4v) is 2.68. The van der Waals surface area contributed by atoms with Crippen LogP contribution in [0.25, 0.3) is 10.9 Å². The van der Waals surface area contributed by atoms with Crippen molar-refractivity contribution in [3.8, 4) is 11.8 Å². The average Bonchev–Trinajstić information content (AvgIpc) is 3.08.